The van der Waals surface area contributed by atoms with Gasteiger partial charge in [0.2, 0.25) is 5.91 Å². The molecule has 1 aromatic heterocycles. The summed E-state index contributed by atoms with van der Waals surface area (Å²) in [6.07, 6.45) is 5.76. The van der Waals surface area contributed by atoms with Gasteiger partial charge in [-0.1, -0.05) is 30.3 Å². The summed E-state index contributed by atoms with van der Waals surface area (Å²) in [7, 11) is 0. The second-order valence-corrected chi connectivity index (χ2v) is 7.83. The minimum absolute atomic E-state index is 0.0269. The number of benzene rings is 2. The van der Waals surface area contributed by atoms with E-state index in [4.69, 9.17) is 0 Å². The molecule has 2 heterocycles. The fourth-order valence-corrected chi connectivity index (χ4v) is 4.06. The number of aromatic nitrogens is 1. The standard InChI is InChI=1S/C25H25FN2O2/c26-21-5-3-4-19(14-21)15-22-10-9-20(17-27-22)24-6-1-2-13-28(24)25(30)16-18-7-11-23(29)12-8-18/h3-5,7-12,14,17,24,29H,1-2,6,13,15-16H2/t24-/m1/s1. The molecule has 5 heteroatoms. The molecule has 0 unspecified atom stereocenters. The maximum atomic E-state index is 13.4. The summed E-state index contributed by atoms with van der Waals surface area (Å²) in [4.78, 5) is 19.5. The molecule has 4 nitrogen and oxygen atoms in total. The van der Waals surface area contributed by atoms with Gasteiger partial charge in [-0.25, -0.2) is 4.39 Å². The van der Waals surface area contributed by atoms with Crippen molar-refractivity contribution in [3.05, 3.63) is 95.1 Å². The molecule has 1 atom stereocenters. The van der Waals surface area contributed by atoms with Gasteiger partial charge in [0.05, 0.1) is 12.5 Å². The van der Waals surface area contributed by atoms with Crippen molar-refractivity contribution in [2.45, 2.75) is 38.1 Å². The van der Waals surface area contributed by atoms with E-state index in [9.17, 15) is 14.3 Å². The number of nitrogens with zero attached hydrogens (tertiary/aromatic N) is 2. The van der Waals surface area contributed by atoms with E-state index >= 15 is 0 Å². The van der Waals surface area contributed by atoms with Crippen LogP contribution in [0.3, 0.4) is 0 Å². The Morgan fingerprint density at radius 2 is 1.90 bits per heavy atom. The predicted molar refractivity (Wildman–Crippen MR) is 114 cm³/mol. The molecule has 3 aromatic rings. The van der Waals surface area contributed by atoms with Gasteiger partial charge in [0, 0.05) is 24.9 Å². The number of amides is 1. The van der Waals surface area contributed by atoms with Gasteiger partial charge < -0.3 is 10.0 Å². The maximum absolute atomic E-state index is 13.4. The number of carbonyl (C=O) groups excluding carboxylic acids is 1. The fraction of sp³-hybridized carbons (Fsp3) is 0.280. The molecule has 1 fully saturated rings. The highest BCUT2D eigenvalue weighted by molar-refractivity contribution is 5.79. The average molecular weight is 404 g/mol. The van der Waals surface area contributed by atoms with E-state index in [0.29, 0.717) is 12.8 Å². The summed E-state index contributed by atoms with van der Waals surface area (Å²) in [6, 6.07) is 17.4. The van der Waals surface area contributed by atoms with Crippen LogP contribution in [0.15, 0.2) is 66.9 Å². The van der Waals surface area contributed by atoms with E-state index in [0.717, 1.165) is 48.2 Å². The number of rotatable bonds is 5. The van der Waals surface area contributed by atoms with Crippen molar-refractivity contribution in [1.82, 2.24) is 9.88 Å². The molecule has 1 N–H and O–H groups in total. The summed E-state index contributed by atoms with van der Waals surface area (Å²) < 4.78 is 13.4. The summed E-state index contributed by atoms with van der Waals surface area (Å²) in [6.45, 7) is 0.743. The molecule has 0 aliphatic carbocycles. The minimum Gasteiger partial charge on any atom is -0.508 e. The molecule has 0 saturated carbocycles. The van der Waals surface area contributed by atoms with E-state index in [1.54, 1.807) is 30.3 Å². The lowest BCUT2D eigenvalue weighted by molar-refractivity contribution is -0.134. The summed E-state index contributed by atoms with van der Waals surface area (Å²) in [5, 5.41) is 9.44. The van der Waals surface area contributed by atoms with E-state index in [-0.39, 0.29) is 23.5 Å². The van der Waals surface area contributed by atoms with Crippen LogP contribution in [0.5, 0.6) is 5.75 Å². The number of carbonyl (C=O) groups is 1. The van der Waals surface area contributed by atoms with Gasteiger partial charge in [-0.2, -0.15) is 0 Å². The highest BCUT2D eigenvalue weighted by atomic mass is 19.1. The van der Waals surface area contributed by atoms with Gasteiger partial charge >= 0.3 is 0 Å². The number of hydrogen-bond acceptors (Lipinski definition) is 3. The second-order valence-electron chi connectivity index (χ2n) is 7.83. The summed E-state index contributed by atoms with van der Waals surface area (Å²) in [5.41, 5.74) is 3.70. The van der Waals surface area contributed by atoms with Crippen LogP contribution in [0.25, 0.3) is 0 Å². The molecular formula is C25H25FN2O2. The molecule has 1 aliphatic heterocycles. The Morgan fingerprint density at radius 1 is 1.07 bits per heavy atom. The molecule has 154 valence electrons. The lowest BCUT2D eigenvalue weighted by Gasteiger charge is -2.36. The van der Waals surface area contributed by atoms with Crippen molar-refractivity contribution in [3.8, 4) is 5.75 Å². The van der Waals surface area contributed by atoms with Crippen LogP contribution < -0.4 is 0 Å². The van der Waals surface area contributed by atoms with Gasteiger partial charge in [-0.15, -0.1) is 0 Å². The van der Waals surface area contributed by atoms with Gasteiger partial charge in [0.25, 0.3) is 0 Å². The van der Waals surface area contributed by atoms with E-state index in [1.807, 2.05) is 29.3 Å². The quantitative estimate of drug-likeness (QED) is 0.664. The molecular weight excluding hydrogens is 379 g/mol. The van der Waals surface area contributed by atoms with Crippen molar-refractivity contribution in [2.24, 2.45) is 0 Å². The Labute approximate surface area is 176 Å². The van der Waals surface area contributed by atoms with Gasteiger partial charge in [0.15, 0.2) is 0 Å². The lowest BCUT2D eigenvalue weighted by atomic mass is 9.95. The van der Waals surface area contributed by atoms with Crippen molar-refractivity contribution < 1.29 is 14.3 Å². The number of phenolic OH excluding ortho intramolecular Hbond substituents is 1. The Hall–Kier alpha value is -3.21. The second kappa shape index (κ2) is 9.08. The topological polar surface area (TPSA) is 53.4 Å². The highest BCUT2D eigenvalue weighted by Crippen LogP contribution is 2.31. The molecule has 1 saturated heterocycles. The molecule has 4 rings (SSSR count). The first-order chi connectivity index (χ1) is 14.6. The Kier molecular flexibility index (Phi) is 6.07. The van der Waals surface area contributed by atoms with Gasteiger partial charge in [-0.3, -0.25) is 9.78 Å². The van der Waals surface area contributed by atoms with Crippen LogP contribution in [-0.4, -0.2) is 27.4 Å². The zero-order valence-electron chi connectivity index (χ0n) is 16.8. The van der Waals surface area contributed by atoms with Crippen LogP contribution in [-0.2, 0) is 17.6 Å². The lowest BCUT2D eigenvalue weighted by Crippen LogP contribution is -2.39. The summed E-state index contributed by atoms with van der Waals surface area (Å²) in [5.74, 6) is 0.0507. The largest absolute Gasteiger partial charge is 0.508 e. The molecule has 1 aliphatic rings. The zero-order chi connectivity index (χ0) is 20.9. The first-order valence-corrected chi connectivity index (χ1v) is 10.3. The van der Waals surface area contributed by atoms with Crippen molar-refractivity contribution >= 4 is 5.91 Å². The van der Waals surface area contributed by atoms with E-state index < -0.39 is 0 Å². The van der Waals surface area contributed by atoms with Crippen LogP contribution in [0.2, 0.25) is 0 Å². The Balaban J connectivity index is 1.46. The molecule has 1 amide bonds. The van der Waals surface area contributed by atoms with Crippen LogP contribution >= 0.6 is 0 Å². The van der Waals surface area contributed by atoms with E-state index in [1.165, 1.54) is 12.1 Å². The van der Waals surface area contributed by atoms with Crippen LogP contribution in [0.4, 0.5) is 4.39 Å². The Morgan fingerprint density at radius 3 is 2.63 bits per heavy atom. The third-order valence-electron chi connectivity index (χ3n) is 5.62. The monoisotopic (exact) mass is 404 g/mol. The number of piperidine rings is 1. The summed E-state index contributed by atoms with van der Waals surface area (Å²) >= 11 is 0. The molecule has 2 aromatic carbocycles. The molecule has 0 radical (unpaired) electrons. The number of likely N-dealkylation sites (tertiary alicyclic amines) is 1. The fourth-order valence-electron chi connectivity index (χ4n) is 4.06. The number of aromatic hydroxyl groups is 1. The molecule has 30 heavy (non-hydrogen) atoms. The van der Waals surface area contributed by atoms with Gasteiger partial charge in [0.1, 0.15) is 11.6 Å². The first kappa shape index (κ1) is 20.1. The van der Waals surface area contributed by atoms with E-state index in [2.05, 4.69) is 4.98 Å². The third-order valence-corrected chi connectivity index (χ3v) is 5.62. The molecule has 0 spiro atoms. The van der Waals surface area contributed by atoms with Crippen molar-refractivity contribution in [3.63, 3.8) is 0 Å². The number of halogens is 1. The zero-order valence-corrected chi connectivity index (χ0v) is 16.8. The number of hydrogen-bond donors (Lipinski definition) is 1. The van der Waals surface area contributed by atoms with Gasteiger partial charge in [-0.05, 0) is 66.3 Å². The molecule has 0 bridgehead atoms. The SMILES string of the molecule is O=C(Cc1ccc(O)cc1)N1CCCC[C@@H]1c1ccc(Cc2cccc(F)c2)nc1. The number of phenols is 1. The minimum atomic E-state index is -0.242. The Bertz CT molecular complexity index is 1000. The normalized spacial score (nSPS) is 16.4. The van der Waals surface area contributed by atoms with Crippen molar-refractivity contribution in [1.29, 1.82) is 0 Å². The average Bonchev–Trinajstić information content (AvgIpc) is 2.76. The highest BCUT2D eigenvalue weighted by Gasteiger charge is 2.28. The smallest absolute Gasteiger partial charge is 0.227 e. The predicted octanol–water partition coefficient (Wildman–Crippen LogP) is 4.81. The van der Waals surface area contributed by atoms with Crippen LogP contribution in [0, 0.1) is 5.82 Å². The first-order valence-electron chi connectivity index (χ1n) is 10.3. The maximum Gasteiger partial charge on any atom is 0.227 e. The number of pyridine rings is 1. The van der Waals surface area contributed by atoms with Crippen molar-refractivity contribution in [2.75, 3.05) is 6.54 Å². The third kappa shape index (κ3) is 4.85. The van der Waals surface area contributed by atoms with Crippen LogP contribution in [0.1, 0.15) is 47.7 Å².